The molecule has 4 atom stereocenters. The Balaban J connectivity index is 1.80. The third-order valence-corrected chi connectivity index (χ3v) is 8.14. The molecule has 2 saturated carbocycles. The van der Waals surface area contributed by atoms with Gasteiger partial charge in [0.1, 0.15) is 0 Å². The van der Waals surface area contributed by atoms with Crippen LogP contribution in [0.15, 0.2) is 9.85 Å². The molecular formula is C12H13Br2ClS. The SMILES string of the molecule is Clc1cc(C(Br)C2CC3CCC2C3)sc1Br. The van der Waals surface area contributed by atoms with Gasteiger partial charge in [-0.2, -0.15) is 0 Å². The van der Waals surface area contributed by atoms with E-state index >= 15 is 0 Å². The van der Waals surface area contributed by atoms with E-state index in [-0.39, 0.29) is 0 Å². The molecule has 0 saturated heterocycles. The maximum absolute atomic E-state index is 6.10. The minimum atomic E-state index is 0.511. The zero-order chi connectivity index (χ0) is 11.3. The van der Waals surface area contributed by atoms with Gasteiger partial charge >= 0.3 is 0 Å². The molecule has 4 unspecified atom stereocenters. The van der Waals surface area contributed by atoms with Gasteiger partial charge < -0.3 is 0 Å². The minimum Gasteiger partial charge on any atom is -0.130 e. The van der Waals surface area contributed by atoms with Gasteiger partial charge in [-0.05, 0) is 59.0 Å². The number of rotatable bonds is 2. The maximum Gasteiger partial charge on any atom is 0.0887 e. The fourth-order valence-corrected chi connectivity index (χ4v) is 6.22. The van der Waals surface area contributed by atoms with Crippen molar-refractivity contribution in [2.24, 2.45) is 17.8 Å². The van der Waals surface area contributed by atoms with Crippen LogP contribution in [0.1, 0.15) is 35.4 Å². The summed E-state index contributed by atoms with van der Waals surface area (Å²) in [5, 5.41) is 0.854. The van der Waals surface area contributed by atoms with Crippen LogP contribution in [-0.4, -0.2) is 0 Å². The summed E-state index contributed by atoms with van der Waals surface area (Å²) in [4.78, 5) is 1.89. The first-order valence-electron chi connectivity index (χ1n) is 5.74. The van der Waals surface area contributed by atoms with Gasteiger partial charge in [-0.3, -0.25) is 0 Å². The van der Waals surface area contributed by atoms with Gasteiger partial charge in [0.05, 0.1) is 13.6 Å². The average Bonchev–Trinajstić information content (AvgIpc) is 2.94. The van der Waals surface area contributed by atoms with Crippen molar-refractivity contribution in [3.63, 3.8) is 0 Å². The second-order valence-electron chi connectivity index (χ2n) is 5.01. The molecule has 0 nitrogen and oxygen atoms in total. The molecule has 0 aliphatic heterocycles. The van der Waals surface area contributed by atoms with Crippen molar-refractivity contribution < 1.29 is 0 Å². The molecule has 16 heavy (non-hydrogen) atoms. The van der Waals surface area contributed by atoms with Crippen LogP contribution in [0.5, 0.6) is 0 Å². The summed E-state index contributed by atoms with van der Waals surface area (Å²) in [5.74, 6) is 2.79. The topological polar surface area (TPSA) is 0 Å². The van der Waals surface area contributed by atoms with Gasteiger partial charge in [0.25, 0.3) is 0 Å². The lowest BCUT2D eigenvalue weighted by molar-refractivity contribution is 0.331. The third-order valence-electron chi connectivity index (χ3n) is 4.10. The van der Waals surface area contributed by atoms with Crippen LogP contribution >= 0.6 is 54.8 Å². The highest BCUT2D eigenvalue weighted by Crippen LogP contribution is 2.56. The molecule has 2 aliphatic carbocycles. The quantitative estimate of drug-likeness (QED) is 0.546. The Kier molecular flexibility index (Phi) is 3.42. The molecule has 0 amide bonds. The molecule has 2 bridgehead atoms. The van der Waals surface area contributed by atoms with Crippen molar-refractivity contribution in [2.45, 2.75) is 30.5 Å². The molecule has 1 heterocycles. The van der Waals surface area contributed by atoms with E-state index in [4.69, 9.17) is 11.6 Å². The molecule has 2 aliphatic rings. The molecule has 88 valence electrons. The summed E-state index contributed by atoms with van der Waals surface area (Å²) >= 11 is 15.3. The van der Waals surface area contributed by atoms with E-state index in [1.807, 2.05) is 0 Å². The summed E-state index contributed by atoms with van der Waals surface area (Å²) in [7, 11) is 0. The van der Waals surface area contributed by atoms with Crippen molar-refractivity contribution >= 4 is 54.8 Å². The van der Waals surface area contributed by atoms with Gasteiger partial charge in [0.2, 0.25) is 0 Å². The first kappa shape index (κ1) is 12.0. The van der Waals surface area contributed by atoms with Crippen LogP contribution < -0.4 is 0 Å². The van der Waals surface area contributed by atoms with Crippen molar-refractivity contribution in [3.8, 4) is 0 Å². The highest BCUT2D eigenvalue weighted by Gasteiger charge is 2.43. The Hall–Kier alpha value is 0.950. The Morgan fingerprint density at radius 1 is 1.38 bits per heavy atom. The van der Waals surface area contributed by atoms with Crippen LogP contribution in [0.4, 0.5) is 0 Å². The van der Waals surface area contributed by atoms with E-state index in [2.05, 4.69) is 37.9 Å². The summed E-state index contributed by atoms with van der Waals surface area (Å²) < 4.78 is 1.07. The smallest absolute Gasteiger partial charge is 0.0887 e. The standard InChI is InChI=1S/C12H13Br2ClS/c13-11(10-5-9(15)12(14)16-10)8-4-6-1-2-7(8)3-6/h5-8,11H,1-4H2. The predicted octanol–water partition coefficient (Wildman–Crippen LogP) is 6.04. The van der Waals surface area contributed by atoms with E-state index in [0.29, 0.717) is 4.83 Å². The zero-order valence-electron chi connectivity index (χ0n) is 8.76. The van der Waals surface area contributed by atoms with E-state index in [1.54, 1.807) is 11.3 Å². The zero-order valence-corrected chi connectivity index (χ0v) is 13.5. The fourth-order valence-electron chi connectivity index (χ4n) is 3.36. The van der Waals surface area contributed by atoms with Crippen LogP contribution in [0, 0.1) is 17.8 Å². The predicted molar refractivity (Wildman–Crippen MR) is 77.6 cm³/mol. The van der Waals surface area contributed by atoms with Crippen molar-refractivity contribution in [2.75, 3.05) is 0 Å². The number of fused-ring (bicyclic) bond motifs is 2. The van der Waals surface area contributed by atoms with Gasteiger partial charge in [0, 0.05) is 4.88 Å². The molecule has 0 spiro atoms. The monoisotopic (exact) mass is 382 g/mol. The Bertz CT molecular complexity index is 384. The van der Waals surface area contributed by atoms with Crippen molar-refractivity contribution in [1.29, 1.82) is 0 Å². The Morgan fingerprint density at radius 3 is 2.69 bits per heavy atom. The molecule has 0 radical (unpaired) electrons. The number of thiophene rings is 1. The lowest BCUT2D eigenvalue weighted by atomic mass is 9.86. The van der Waals surface area contributed by atoms with E-state index in [9.17, 15) is 0 Å². The number of hydrogen-bond acceptors (Lipinski definition) is 1. The number of alkyl halides is 1. The molecule has 0 aromatic carbocycles. The molecule has 0 N–H and O–H groups in total. The Morgan fingerprint density at radius 2 is 2.19 bits per heavy atom. The third kappa shape index (κ3) is 2.02. The van der Waals surface area contributed by atoms with Gasteiger partial charge in [0.15, 0.2) is 0 Å². The first-order valence-corrected chi connectivity index (χ1v) is 8.64. The number of halogens is 3. The van der Waals surface area contributed by atoms with Gasteiger partial charge in [-0.25, -0.2) is 0 Å². The highest BCUT2D eigenvalue weighted by molar-refractivity contribution is 9.11. The number of hydrogen-bond donors (Lipinski definition) is 0. The van der Waals surface area contributed by atoms with E-state index < -0.39 is 0 Å². The summed E-state index contributed by atoms with van der Waals surface area (Å²) in [6.45, 7) is 0. The summed E-state index contributed by atoms with van der Waals surface area (Å²) in [6.07, 6.45) is 5.79. The largest absolute Gasteiger partial charge is 0.130 e. The van der Waals surface area contributed by atoms with E-state index in [0.717, 1.165) is 26.6 Å². The summed E-state index contributed by atoms with van der Waals surface area (Å²) in [6, 6.07) is 2.11. The molecular weight excluding hydrogens is 371 g/mol. The van der Waals surface area contributed by atoms with Gasteiger partial charge in [-0.15, -0.1) is 11.3 Å². The van der Waals surface area contributed by atoms with E-state index in [1.165, 1.54) is 30.6 Å². The first-order chi connectivity index (χ1) is 7.65. The van der Waals surface area contributed by atoms with Gasteiger partial charge in [-0.1, -0.05) is 34.0 Å². The molecule has 1 aromatic rings. The second-order valence-corrected chi connectivity index (χ2v) is 8.81. The van der Waals surface area contributed by atoms with Crippen LogP contribution in [0.3, 0.4) is 0 Å². The molecule has 4 heteroatoms. The van der Waals surface area contributed by atoms with Crippen LogP contribution in [-0.2, 0) is 0 Å². The van der Waals surface area contributed by atoms with Crippen molar-refractivity contribution in [3.05, 3.63) is 19.8 Å². The lowest BCUT2D eigenvalue weighted by Crippen LogP contribution is -2.14. The molecule has 3 rings (SSSR count). The Labute approximate surface area is 122 Å². The second kappa shape index (κ2) is 4.56. The maximum atomic E-state index is 6.10. The average molecular weight is 385 g/mol. The molecule has 2 fully saturated rings. The van der Waals surface area contributed by atoms with Crippen LogP contribution in [0.2, 0.25) is 5.02 Å². The highest BCUT2D eigenvalue weighted by atomic mass is 79.9. The fraction of sp³-hybridized carbons (Fsp3) is 0.667. The van der Waals surface area contributed by atoms with Crippen molar-refractivity contribution in [1.82, 2.24) is 0 Å². The lowest BCUT2D eigenvalue weighted by Gasteiger charge is -2.25. The van der Waals surface area contributed by atoms with Crippen LogP contribution in [0.25, 0.3) is 0 Å². The normalized spacial score (nSPS) is 34.6. The summed E-state index contributed by atoms with van der Waals surface area (Å²) in [5.41, 5.74) is 0. The minimum absolute atomic E-state index is 0.511. The molecule has 1 aromatic heterocycles.